The van der Waals surface area contributed by atoms with Crippen molar-refractivity contribution in [1.82, 2.24) is 66.1 Å². The molecule has 19 rings (SSSR count). The molecule has 4 amide bonds. The maximum absolute atomic E-state index is 14.6. The van der Waals surface area contributed by atoms with Crippen LogP contribution in [0.3, 0.4) is 0 Å². The minimum Gasteiger partial charge on any atom is -0.493 e. The zero-order chi connectivity index (χ0) is 100. The minimum absolute atomic E-state index is 0.109. The molecular weight excluding hydrogens is 1820 g/mol. The standard InChI is InChI=1S/C30H37FN4O3.C29H37N5O3.C28H35N5O3.C26H30N4O3/c1-19-25(31)17-24(29(36)34-26-16-21-10-6-7-11-23(21)27(26)30(37)38-2)28(32-19)33-22-12-14-35(15-13-22)18-20-8-4-3-5-9-20;1-19-8-9-24(28(35)33-25-16-21-17-30-13-10-23(21)26(25)29(36)37-2)27(31-19)32-22-11-14-34(15-12-22)18-20-6-4-3-5-7-20;1-36-28(35)25-22-9-13-29-17-20(22)16-24(25)32-27(34)23-8-5-12-30-26(23)31-21-10-14-33(15-11-21)18-19-6-3-2-4-7-19;1-32-23-11-10-21(17-24(23)33-2)29-26(31)22-9-6-14-27-25(22)28-20-12-15-30(16-13-20)18-19-7-4-3-5-8-19/h3-5,8-9,17,21-23H,6-7,10-16,18H2,1-2H3,(H,32,33)(H,34,36);3-9,21-23,30H,10-18H2,1-2H3,(H,31,32)(H,33,35);2-8,12,20-22,29H,9-11,13-18H2,1H3,(H,30,31)(H,32,34);3-11,14,17,20H,12-13,15-16,18H2,1-2H3,(H,27,28)(H,29,31). The molecule has 760 valence electrons. The summed E-state index contributed by atoms with van der Waals surface area (Å²) in [6, 6.07) is 60.3. The van der Waals surface area contributed by atoms with Crippen molar-refractivity contribution >= 4 is 70.5 Å². The van der Waals surface area contributed by atoms with Gasteiger partial charge in [-0.25, -0.2) is 38.7 Å². The number of esters is 3. The number of allylic oxidation sites excluding steroid dienone is 3. The number of fused-ring (bicyclic) bond motifs is 3. The Kier molecular flexibility index (Phi) is 36.5. The highest BCUT2D eigenvalue weighted by Gasteiger charge is 2.45. The van der Waals surface area contributed by atoms with Crippen LogP contribution in [0.15, 0.2) is 228 Å². The number of hydrogen-bond donors (Lipinski definition) is 10. The average Bonchev–Trinajstić information content (AvgIpc) is 1.63. The van der Waals surface area contributed by atoms with Crippen molar-refractivity contribution in [3.8, 4) is 11.5 Å². The van der Waals surface area contributed by atoms with E-state index in [0.717, 1.165) is 200 Å². The first-order valence-corrected chi connectivity index (χ1v) is 51.2. The number of nitrogens with one attached hydrogen (secondary N) is 10. The molecule has 6 saturated heterocycles. The number of hydrogen-bond acceptors (Lipinski definition) is 26. The fourth-order valence-corrected chi connectivity index (χ4v) is 22.1. The molecule has 10 aliphatic rings. The van der Waals surface area contributed by atoms with Gasteiger partial charge in [0.15, 0.2) is 11.5 Å². The van der Waals surface area contributed by atoms with Gasteiger partial charge in [0.2, 0.25) is 0 Å². The second-order valence-electron chi connectivity index (χ2n) is 39.3. The Balaban J connectivity index is 0.000000138. The SMILES string of the molecule is COC(=O)C1=C(NC(=O)c2cc(F)c(C)nc2NC2CCN(Cc3ccccc3)CC2)CC2CCCCC12.COC(=O)C1=C(NC(=O)c2ccc(C)nc2NC2CCN(Cc3ccccc3)CC2)CC2CNCCC12.COC(=O)C1=C(NC(=O)c2cccnc2NC2CCN(Cc3ccccc3)CC2)CC2CNCCC12.COc1ccc(NC(=O)c2cccnc2NC2CCN(Cc3ccccc3)CC2)cc1OC. The summed E-state index contributed by atoms with van der Waals surface area (Å²) in [6.45, 7) is 18.6. The third-order valence-corrected chi connectivity index (χ3v) is 29.8. The summed E-state index contributed by atoms with van der Waals surface area (Å²) in [5.41, 5.74) is 12.5. The monoisotopic (exact) mass is 1960 g/mol. The van der Waals surface area contributed by atoms with E-state index in [1.165, 1.54) is 49.6 Å². The number of ether oxygens (including phenoxy) is 5. The van der Waals surface area contributed by atoms with Gasteiger partial charge in [-0.2, -0.15) is 0 Å². The third-order valence-electron chi connectivity index (χ3n) is 29.8. The largest absolute Gasteiger partial charge is 0.493 e. The number of anilines is 5. The Labute approximate surface area is 844 Å². The van der Waals surface area contributed by atoms with Crippen molar-refractivity contribution in [2.24, 2.45) is 35.5 Å². The Morgan fingerprint density at radius 3 is 1.11 bits per heavy atom. The summed E-state index contributed by atoms with van der Waals surface area (Å²) < 4.78 is 40.4. The number of rotatable bonds is 29. The van der Waals surface area contributed by atoms with Crippen LogP contribution in [0, 0.1) is 55.2 Å². The number of aromatic nitrogens is 4. The lowest BCUT2D eigenvalue weighted by Gasteiger charge is -2.33. The average molecular weight is 1960 g/mol. The predicted molar refractivity (Wildman–Crippen MR) is 555 cm³/mol. The van der Waals surface area contributed by atoms with Crippen molar-refractivity contribution < 1.29 is 61.6 Å². The van der Waals surface area contributed by atoms with Gasteiger partial charge in [-0.05, 0) is 249 Å². The maximum atomic E-state index is 14.6. The molecule has 0 radical (unpaired) electrons. The van der Waals surface area contributed by atoms with Crippen molar-refractivity contribution in [1.29, 1.82) is 0 Å². The molecule has 30 nitrogen and oxygen atoms in total. The number of pyridine rings is 4. The Morgan fingerprint density at radius 2 is 0.715 bits per heavy atom. The van der Waals surface area contributed by atoms with E-state index in [0.29, 0.717) is 128 Å². The number of aryl methyl sites for hydroxylation is 2. The minimum atomic E-state index is -0.527. The van der Waals surface area contributed by atoms with Gasteiger partial charge in [0.05, 0.1) is 80.2 Å². The number of carbonyl (C=O) groups excluding carboxylic acids is 7. The zero-order valence-electron chi connectivity index (χ0n) is 83.9. The molecule has 9 aromatic rings. The first-order chi connectivity index (χ1) is 70.2. The molecule has 144 heavy (non-hydrogen) atoms. The molecule has 31 heteroatoms. The predicted octanol–water partition coefficient (Wildman–Crippen LogP) is 15.6. The normalized spacial score (nSPS) is 20.6. The molecule has 10 N–H and O–H groups in total. The lowest BCUT2D eigenvalue weighted by atomic mass is 9.79. The number of carbonyl (C=O) groups is 7. The third kappa shape index (κ3) is 27.2. The molecule has 6 aliphatic heterocycles. The van der Waals surface area contributed by atoms with Crippen LogP contribution in [0.5, 0.6) is 11.5 Å². The van der Waals surface area contributed by atoms with Crippen LogP contribution < -0.4 is 62.6 Å². The Hall–Kier alpha value is -13.3. The van der Waals surface area contributed by atoms with Crippen LogP contribution in [0.2, 0.25) is 0 Å². The van der Waals surface area contributed by atoms with Gasteiger partial charge in [0.1, 0.15) is 29.1 Å². The fourth-order valence-electron chi connectivity index (χ4n) is 22.1. The van der Waals surface area contributed by atoms with Gasteiger partial charge in [-0.15, -0.1) is 0 Å². The summed E-state index contributed by atoms with van der Waals surface area (Å²) in [5, 5.41) is 32.8. The van der Waals surface area contributed by atoms with E-state index in [1.54, 1.807) is 76.0 Å². The molecule has 6 unspecified atom stereocenters. The number of benzene rings is 5. The molecule has 7 fully saturated rings. The van der Waals surface area contributed by atoms with E-state index in [4.69, 9.17) is 23.7 Å². The van der Waals surface area contributed by atoms with Gasteiger partial charge in [0, 0.05) is 150 Å². The van der Waals surface area contributed by atoms with Gasteiger partial charge in [-0.1, -0.05) is 134 Å². The molecule has 10 heterocycles. The quantitative estimate of drug-likeness (QED) is 0.0154. The van der Waals surface area contributed by atoms with Crippen LogP contribution in [0.4, 0.5) is 33.3 Å². The Morgan fingerprint density at radius 1 is 0.361 bits per heavy atom. The highest BCUT2D eigenvalue weighted by molar-refractivity contribution is 6.08. The molecular formula is C113H139FN18O12. The maximum Gasteiger partial charge on any atom is 0.335 e. The van der Waals surface area contributed by atoms with E-state index in [2.05, 4.69) is 190 Å². The topological polar surface area (TPSA) is 350 Å². The second-order valence-corrected chi connectivity index (χ2v) is 39.3. The lowest BCUT2D eigenvalue weighted by molar-refractivity contribution is -0.137. The highest BCUT2D eigenvalue weighted by atomic mass is 19.1. The number of likely N-dealkylation sites (tertiary alicyclic amines) is 4. The van der Waals surface area contributed by atoms with Crippen LogP contribution in [-0.4, -0.2) is 219 Å². The van der Waals surface area contributed by atoms with Crippen LogP contribution in [0.1, 0.15) is 184 Å². The lowest BCUT2D eigenvalue weighted by Crippen LogP contribution is -2.39. The molecule has 0 spiro atoms. The molecule has 4 aliphatic carbocycles. The molecule has 6 atom stereocenters. The first kappa shape index (κ1) is 104. The van der Waals surface area contributed by atoms with E-state index in [1.807, 2.05) is 43.3 Å². The molecule has 4 aromatic heterocycles. The van der Waals surface area contributed by atoms with E-state index in [9.17, 15) is 38.0 Å². The summed E-state index contributed by atoms with van der Waals surface area (Å²) in [7, 11) is 7.32. The van der Waals surface area contributed by atoms with E-state index >= 15 is 0 Å². The van der Waals surface area contributed by atoms with Crippen molar-refractivity contribution in [2.75, 3.05) is 141 Å². The second kappa shape index (κ2) is 50.8. The molecule has 0 bridgehead atoms. The smallest absolute Gasteiger partial charge is 0.335 e. The summed E-state index contributed by atoms with van der Waals surface area (Å²) >= 11 is 0. The van der Waals surface area contributed by atoms with Crippen LogP contribution >= 0.6 is 0 Å². The molecule has 1 saturated carbocycles. The molecule has 5 aromatic carbocycles. The van der Waals surface area contributed by atoms with Crippen LogP contribution in [0.25, 0.3) is 0 Å². The van der Waals surface area contributed by atoms with Crippen LogP contribution in [-0.2, 0) is 54.8 Å². The van der Waals surface area contributed by atoms with E-state index < -0.39 is 11.7 Å². The number of methoxy groups -OCH3 is 5. The fraction of sp³-hybridized carbons (Fsp3) is 0.442. The van der Waals surface area contributed by atoms with Gasteiger partial charge in [0.25, 0.3) is 23.6 Å². The van der Waals surface area contributed by atoms with Crippen molar-refractivity contribution in [3.05, 3.63) is 290 Å². The summed E-state index contributed by atoms with van der Waals surface area (Å²) in [5.74, 6) is 1.91. The van der Waals surface area contributed by atoms with Crippen molar-refractivity contribution in [2.45, 2.75) is 173 Å². The zero-order valence-corrected chi connectivity index (χ0v) is 83.9. The number of piperidine rings is 6. The van der Waals surface area contributed by atoms with Crippen molar-refractivity contribution in [3.63, 3.8) is 0 Å². The van der Waals surface area contributed by atoms with Gasteiger partial charge >= 0.3 is 17.9 Å². The highest BCUT2D eigenvalue weighted by Crippen LogP contribution is 2.47. The van der Waals surface area contributed by atoms with Gasteiger partial charge < -0.3 is 76.9 Å². The first-order valence-electron chi connectivity index (χ1n) is 51.2. The Bertz CT molecular complexity index is 5990. The number of amides is 4. The van der Waals surface area contributed by atoms with E-state index in [-0.39, 0.29) is 88.8 Å². The summed E-state index contributed by atoms with van der Waals surface area (Å²) in [6.07, 6.45) is 19.0. The van der Waals surface area contributed by atoms with Gasteiger partial charge in [-0.3, -0.25) is 38.8 Å². The number of nitrogens with zero attached hydrogens (tertiary/aromatic N) is 8. The number of halogens is 1. The summed E-state index contributed by atoms with van der Waals surface area (Å²) in [4.78, 5) is 119.